The number of carboxylic acid groups (broad SMARTS) is 1. The van der Waals surface area contributed by atoms with Crippen LogP contribution in [0.2, 0.25) is 0 Å². The lowest BCUT2D eigenvalue weighted by molar-refractivity contribution is -0.143. The summed E-state index contributed by atoms with van der Waals surface area (Å²) in [5.41, 5.74) is 6.07. The quantitative estimate of drug-likeness (QED) is 0.339. The fourth-order valence-corrected chi connectivity index (χ4v) is 5.09. The highest BCUT2D eigenvalue weighted by Crippen LogP contribution is 2.29. The molecule has 0 aromatic carbocycles. The maximum absolute atomic E-state index is 13.7. The number of amidine groups is 1. The van der Waals surface area contributed by atoms with Gasteiger partial charge in [-0.15, -0.1) is 24.8 Å². The minimum absolute atomic E-state index is 0. The third-order valence-corrected chi connectivity index (χ3v) is 7.33. The van der Waals surface area contributed by atoms with Gasteiger partial charge >= 0.3 is 12.0 Å². The number of morpholine rings is 1. The zero-order valence-electron chi connectivity index (χ0n) is 21.3. The number of nitrogen functional groups attached to an aromatic ring is 1. The molecule has 3 fully saturated rings. The Morgan fingerprint density at radius 2 is 1.63 bits per heavy atom. The summed E-state index contributed by atoms with van der Waals surface area (Å²) in [6, 6.07) is 3.25. The molecular weight excluding hydrogens is 537 g/mol. The van der Waals surface area contributed by atoms with Gasteiger partial charge in [-0.25, -0.2) is 9.78 Å². The predicted octanol–water partition coefficient (Wildman–Crippen LogP) is 1.26. The average molecular weight is 575 g/mol. The van der Waals surface area contributed by atoms with Gasteiger partial charge in [0.1, 0.15) is 18.2 Å². The number of nitrogens with one attached hydrogen (secondary N) is 1. The van der Waals surface area contributed by atoms with Crippen molar-refractivity contribution in [1.29, 1.82) is 5.41 Å². The molecule has 0 atom stereocenters. The number of aromatic nitrogens is 1. The number of carbonyl (C=O) groups excluding carboxylic acids is 2. The number of halogens is 2. The van der Waals surface area contributed by atoms with Crippen molar-refractivity contribution in [2.24, 2.45) is 11.7 Å². The van der Waals surface area contributed by atoms with Gasteiger partial charge in [0.05, 0.1) is 19.1 Å². The van der Waals surface area contributed by atoms with E-state index >= 15 is 0 Å². The lowest BCUT2D eigenvalue weighted by atomic mass is 9.85. The second-order valence-electron chi connectivity index (χ2n) is 9.54. The average Bonchev–Trinajstić information content (AvgIpc) is 2.92. The van der Waals surface area contributed by atoms with Crippen molar-refractivity contribution < 1.29 is 24.2 Å². The van der Waals surface area contributed by atoms with Crippen LogP contribution in [-0.2, 0) is 14.3 Å². The zero-order chi connectivity index (χ0) is 25.7. The Morgan fingerprint density at radius 3 is 2.16 bits per heavy atom. The molecule has 0 bridgehead atoms. The first kappa shape index (κ1) is 31.4. The van der Waals surface area contributed by atoms with E-state index in [1.807, 2.05) is 6.07 Å². The SMILES string of the molecule is Cl.Cl.N=C(N)c1ccc(N2CCN(C(=O)N(CC(=O)N3CCOCC3)C3CCC(C(=O)O)CC3)CC2)nc1. The maximum atomic E-state index is 13.7. The number of hydrogen-bond acceptors (Lipinski definition) is 7. The number of ether oxygens (including phenoxy) is 1. The molecule has 0 spiro atoms. The van der Waals surface area contributed by atoms with Crippen LogP contribution in [0, 0.1) is 11.3 Å². The van der Waals surface area contributed by atoms with Crippen LogP contribution in [0.3, 0.4) is 0 Å². The van der Waals surface area contributed by atoms with E-state index in [1.165, 1.54) is 0 Å². The van der Waals surface area contributed by atoms with E-state index in [-0.39, 0.29) is 55.2 Å². The minimum atomic E-state index is -0.795. The summed E-state index contributed by atoms with van der Waals surface area (Å²) in [5, 5.41) is 16.9. The highest BCUT2D eigenvalue weighted by atomic mass is 35.5. The number of piperazine rings is 1. The molecule has 3 amide bonds. The highest BCUT2D eigenvalue weighted by molar-refractivity contribution is 5.94. The van der Waals surface area contributed by atoms with E-state index in [0.29, 0.717) is 83.7 Å². The summed E-state index contributed by atoms with van der Waals surface area (Å²) in [6.07, 6.45) is 3.73. The number of urea groups is 1. The van der Waals surface area contributed by atoms with E-state index in [9.17, 15) is 19.5 Å². The molecule has 4 N–H and O–H groups in total. The van der Waals surface area contributed by atoms with E-state index < -0.39 is 11.9 Å². The smallest absolute Gasteiger partial charge is 0.320 e. The van der Waals surface area contributed by atoms with Gasteiger partial charge in [-0.1, -0.05) is 0 Å². The Kier molecular flexibility index (Phi) is 11.9. The lowest BCUT2D eigenvalue weighted by Gasteiger charge is -2.42. The van der Waals surface area contributed by atoms with Crippen molar-refractivity contribution in [3.05, 3.63) is 23.9 Å². The number of anilines is 1. The molecule has 212 valence electrons. The second kappa shape index (κ2) is 14.4. The van der Waals surface area contributed by atoms with Gasteiger partial charge in [-0.2, -0.15) is 0 Å². The Hall–Kier alpha value is -2.83. The van der Waals surface area contributed by atoms with E-state index in [1.54, 1.807) is 27.0 Å². The topological polar surface area (TPSA) is 156 Å². The van der Waals surface area contributed by atoms with E-state index in [4.69, 9.17) is 15.9 Å². The standard InChI is InChI=1S/C24H35N7O5.2ClH/c25-22(26)18-3-6-20(27-15-18)28-7-9-30(10-8-28)24(35)31(16-21(32)29-11-13-36-14-12-29)19-4-1-17(2-5-19)23(33)34;;/h3,6,15,17,19H,1-2,4-5,7-14,16H2,(H3,25,26)(H,33,34);2*1H. The predicted molar refractivity (Wildman–Crippen MR) is 146 cm³/mol. The van der Waals surface area contributed by atoms with Crippen LogP contribution in [-0.4, -0.2) is 114 Å². The highest BCUT2D eigenvalue weighted by Gasteiger charge is 2.36. The van der Waals surface area contributed by atoms with Gasteiger partial charge in [0.25, 0.3) is 0 Å². The molecule has 4 rings (SSSR count). The van der Waals surface area contributed by atoms with Crippen LogP contribution < -0.4 is 10.6 Å². The number of pyridine rings is 1. The van der Waals surface area contributed by atoms with Gasteiger partial charge in [0, 0.05) is 57.1 Å². The summed E-state index contributed by atoms with van der Waals surface area (Å²) in [6.45, 7) is 4.17. The van der Waals surface area contributed by atoms with Crippen LogP contribution in [0.4, 0.5) is 10.6 Å². The first-order valence-corrected chi connectivity index (χ1v) is 12.5. The summed E-state index contributed by atoms with van der Waals surface area (Å²) >= 11 is 0. The van der Waals surface area contributed by atoms with Crippen LogP contribution >= 0.6 is 24.8 Å². The van der Waals surface area contributed by atoms with Crippen molar-refractivity contribution in [3.63, 3.8) is 0 Å². The molecule has 1 aromatic heterocycles. The van der Waals surface area contributed by atoms with Crippen LogP contribution in [0.1, 0.15) is 31.2 Å². The normalized spacial score (nSPS) is 21.5. The van der Waals surface area contributed by atoms with E-state index in [2.05, 4.69) is 9.88 Å². The number of carbonyl (C=O) groups is 3. The number of rotatable bonds is 6. The van der Waals surface area contributed by atoms with Gasteiger partial charge in [0.15, 0.2) is 0 Å². The Bertz CT molecular complexity index is 961. The number of aliphatic carboxylic acids is 1. The third kappa shape index (κ3) is 7.61. The zero-order valence-corrected chi connectivity index (χ0v) is 22.9. The molecule has 38 heavy (non-hydrogen) atoms. The van der Waals surface area contributed by atoms with Crippen LogP contribution in [0.25, 0.3) is 0 Å². The third-order valence-electron chi connectivity index (χ3n) is 7.33. The van der Waals surface area contributed by atoms with Gasteiger partial charge < -0.3 is 35.2 Å². The van der Waals surface area contributed by atoms with Crippen molar-refractivity contribution in [3.8, 4) is 0 Å². The second-order valence-corrected chi connectivity index (χ2v) is 9.54. The molecule has 12 nitrogen and oxygen atoms in total. The summed E-state index contributed by atoms with van der Waals surface area (Å²) in [7, 11) is 0. The maximum Gasteiger partial charge on any atom is 0.320 e. The molecule has 2 saturated heterocycles. The van der Waals surface area contributed by atoms with Crippen molar-refractivity contribution in [2.75, 3.05) is 63.9 Å². The number of hydrogen-bond donors (Lipinski definition) is 3. The Morgan fingerprint density at radius 1 is 1.00 bits per heavy atom. The summed E-state index contributed by atoms with van der Waals surface area (Å²) in [5.74, 6) is -0.553. The molecule has 1 aliphatic carbocycles. The summed E-state index contributed by atoms with van der Waals surface area (Å²) in [4.78, 5) is 49.8. The van der Waals surface area contributed by atoms with Crippen molar-refractivity contribution >= 4 is 54.4 Å². The number of carboxylic acids is 1. The fraction of sp³-hybridized carbons (Fsp3) is 0.625. The van der Waals surface area contributed by atoms with Crippen molar-refractivity contribution in [2.45, 2.75) is 31.7 Å². The number of nitrogens with zero attached hydrogens (tertiary/aromatic N) is 5. The molecule has 1 aromatic rings. The summed E-state index contributed by atoms with van der Waals surface area (Å²) < 4.78 is 5.35. The van der Waals surface area contributed by atoms with Crippen LogP contribution in [0.15, 0.2) is 18.3 Å². The first-order chi connectivity index (χ1) is 17.3. The molecule has 3 heterocycles. The lowest BCUT2D eigenvalue weighted by Crippen LogP contribution is -2.58. The molecule has 0 radical (unpaired) electrons. The minimum Gasteiger partial charge on any atom is -0.481 e. The largest absolute Gasteiger partial charge is 0.481 e. The first-order valence-electron chi connectivity index (χ1n) is 12.5. The van der Waals surface area contributed by atoms with Gasteiger partial charge in [0.2, 0.25) is 5.91 Å². The number of amides is 3. The van der Waals surface area contributed by atoms with Crippen LogP contribution in [0.5, 0.6) is 0 Å². The van der Waals surface area contributed by atoms with Gasteiger partial charge in [-0.05, 0) is 37.8 Å². The van der Waals surface area contributed by atoms with Crippen molar-refractivity contribution in [1.82, 2.24) is 19.7 Å². The van der Waals surface area contributed by atoms with Gasteiger partial charge in [-0.3, -0.25) is 15.0 Å². The Balaban J connectivity index is 0.00000253. The molecule has 3 aliphatic rings. The van der Waals surface area contributed by atoms with E-state index in [0.717, 1.165) is 5.82 Å². The Labute approximate surface area is 234 Å². The molecule has 1 saturated carbocycles. The molecule has 14 heteroatoms. The fourth-order valence-electron chi connectivity index (χ4n) is 5.09. The molecular formula is C24H37Cl2N7O5. The number of nitrogens with two attached hydrogens (primary N) is 1. The molecule has 0 unspecified atom stereocenters. The molecule has 2 aliphatic heterocycles. The monoisotopic (exact) mass is 573 g/mol.